The monoisotopic (exact) mass is 372 g/mol. The van der Waals surface area contributed by atoms with Crippen LogP contribution in [-0.2, 0) is 11.4 Å². The van der Waals surface area contributed by atoms with Gasteiger partial charge in [-0.1, -0.05) is 12.1 Å². The van der Waals surface area contributed by atoms with Gasteiger partial charge in [-0.25, -0.2) is 0 Å². The first-order chi connectivity index (χ1) is 12.6. The second-order valence-electron chi connectivity index (χ2n) is 6.00. The van der Waals surface area contributed by atoms with Crippen molar-refractivity contribution in [1.29, 1.82) is 0 Å². The second kappa shape index (κ2) is 8.71. The van der Waals surface area contributed by atoms with Gasteiger partial charge in [0, 0.05) is 41.6 Å². The lowest BCUT2D eigenvalue weighted by molar-refractivity contribution is -0.138. The Labute approximate surface area is 156 Å². The summed E-state index contributed by atoms with van der Waals surface area (Å²) in [5.41, 5.74) is 1.45. The molecule has 2 aromatic rings. The lowest BCUT2D eigenvalue weighted by atomic mass is 10.1. The van der Waals surface area contributed by atoms with Crippen LogP contribution in [0.15, 0.2) is 48.8 Å². The summed E-state index contributed by atoms with van der Waals surface area (Å²) < 4.78 is 5.75. The highest BCUT2D eigenvalue weighted by atomic mass is 32.2. The molecule has 1 aliphatic heterocycles. The molecular formula is C19H20N2O4S. The van der Waals surface area contributed by atoms with E-state index in [4.69, 9.17) is 9.84 Å². The zero-order chi connectivity index (χ0) is 18.4. The van der Waals surface area contributed by atoms with Crippen molar-refractivity contribution in [2.24, 2.45) is 0 Å². The number of carbonyl (C=O) groups is 2. The Kier molecular flexibility index (Phi) is 6.12. The molecule has 1 unspecified atom stereocenters. The Balaban J connectivity index is 1.69. The standard InChI is InChI=1S/C19H20N2O4S/c22-18(23)10-16-13-26-8-7-21(16)19(24)15-4-1-5-17(9-15)25-12-14-3-2-6-20-11-14/h1-6,9,11,16H,7-8,10,12-13H2,(H,22,23). The Morgan fingerprint density at radius 3 is 2.96 bits per heavy atom. The molecule has 1 aromatic heterocycles. The van der Waals surface area contributed by atoms with Crippen molar-refractivity contribution in [2.75, 3.05) is 18.1 Å². The van der Waals surface area contributed by atoms with Gasteiger partial charge >= 0.3 is 5.97 Å². The Morgan fingerprint density at radius 1 is 1.31 bits per heavy atom. The lowest BCUT2D eigenvalue weighted by Gasteiger charge is -2.34. The van der Waals surface area contributed by atoms with E-state index in [2.05, 4.69) is 4.98 Å². The summed E-state index contributed by atoms with van der Waals surface area (Å²) in [5, 5.41) is 9.09. The summed E-state index contributed by atoms with van der Waals surface area (Å²) in [4.78, 5) is 29.7. The predicted octanol–water partition coefficient (Wildman–Crippen LogP) is 2.69. The van der Waals surface area contributed by atoms with Gasteiger partial charge in [-0.2, -0.15) is 11.8 Å². The van der Waals surface area contributed by atoms with Crippen LogP contribution >= 0.6 is 11.8 Å². The van der Waals surface area contributed by atoms with Crippen LogP contribution in [0.3, 0.4) is 0 Å². The molecule has 1 fully saturated rings. The highest BCUT2D eigenvalue weighted by molar-refractivity contribution is 7.99. The molecule has 7 heteroatoms. The van der Waals surface area contributed by atoms with Gasteiger partial charge in [0.2, 0.25) is 0 Å². The number of carboxylic acids is 1. The maximum absolute atomic E-state index is 12.9. The van der Waals surface area contributed by atoms with E-state index in [9.17, 15) is 9.59 Å². The van der Waals surface area contributed by atoms with Gasteiger partial charge in [0.25, 0.3) is 5.91 Å². The summed E-state index contributed by atoms with van der Waals surface area (Å²) in [6.07, 6.45) is 3.40. The fourth-order valence-corrected chi connectivity index (χ4v) is 3.89. The molecule has 1 aromatic carbocycles. The number of hydrogen-bond acceptors (Lipinski definition) is 5. The second-order valence-corrected chi connectivity index (χ2v) is 7.15. The van der Waals surface area contributed by atoms with Gasteiger partial charge in [-0.05, 0) is 24.3 Å². The third kappa shape index (κ3) is 4.76. The number of pyridine rings is 1. The van der Waals surface area contributed by atoms with E-state index < -0.39 is 5.97 Å². The number of rotatable bonds is 6. The number of carbonyl (C=O) groups excluding carboxylic acids is 1. The van der Waals surface area contributed by atoms with Gasteiger partial charge in [-0.15, -0.1) is 0 Å². The molecule has 6 nitrogen and oxygen atoms in total. The van der Waals surface area contributed by atoms with Gasteiger partial charge in [0.1, 0.15) is 12.4 Å². The van der Waals surface area contributed by atoms with E-state index in [0.717, 1.165) is 11.3 Å². The SMILES string of the molecule is O=C(O)CC1CSCCN1C(=O)c1cccc(OCc2cccnc2)c1. The first-order valence-corrected chi connectivity index (χ1v) is 9.51. The fourth-order valence-electron chi connectivity index (χ4n) is 2.83. The summed E-state index contributed by atoms with van der Waals surface area (Å²) in [5.74, 6) is 1.03. The first kappa shape index (κ1) is 18.3. The molecule has 1 saturated heterocycles. The van der Waals surface area contributed by atoms with Crippen LogP contribution in [0, 0.1) is 0 Å². The van der Waals surface area contributed by atoms with E-state index in [1.54, 1.807) is 53.3 Å². The van der Waals surface area contributed by atoms with Crippen LogP contribution in [0.2, 0.25) is 0 Å². The molecule has 0 spiro atoms. The number of thioether (sulfide) groups is 1. The molecule has 26 heavy (non-hydrogen) atoms. The highest BCUT2D eigenvalue weighted by Gasteiger charge is 2.29. The molecule has 1 amide bonds. The molecule has 0 radical (unpaired) electrons. The van der Waals surface area contributed by atoms with Crippen LogP contribution in [0.4, 0.5) is 0 Å². The van der Waals surface area contributed by atoms with E-state index in [0.29, 0.717) is 30.2 Å². The van der Waals surface area contributed by atoms with Crippen LogP contribution in [-0.4, -0.2) is 51.0 Å². The summed E-state index contributed by atoms with van der Waals surface area (Å²) in [6, 6.07) is 10.5. The number of ether oxygens (including phenoxy) is 1. The summed E-state index contributed by atoms with van der Waals surface area (Å²) in [7, 11) is 0. The first-order valence-electron chi connectivity index (χ1n) is 8.36. The molecule has 136 valence electrons. The van der Waals surface area contributed by atoms with Crippen LogP contribution in [0.1, 0.15) is 22.3 Å². The van der Waals surface area contributed by atoms with E-state index in [-0.39, 0.29) is 18.4 Å². The normalized spacial score (nSPS) is 16.9. The van der Waals surface area contributed by atoms with Crippen molar-refractivity contribution in [2.45, 2.75) is 19.1 Å². The zero-order valence-corrected chi connectivity index (χ0v) is 15.0. The largest absolute Gasteiger partial charge is 0.489 e. The third-order valence-electron chi connectivity index (χ3n) is 4.11. The molecule has 0 aliphatic carbocycles. The number of amides is 1. The smallest absolute Gasteiger partial charge is 0.305 e. The quantitative estimate of drug-likeness (QED) is 0.840. The van der Waals surface area contributed by atoms with Gasteiger partial charge < -0.3 is 14.7 Å². The average Bonchev–Trinajstić information content (AvgIpc) is 2.67. The van der Waals surface area contributed by atoms with Gasteiger partial charge in [0.15, 0.2) is 0 Å². The van der Waals surface area contributed by atoms with Crippen molar-refractivity contribution in [3.05, 3.63) is 59.9 Å². The molecule has 1 aliphatic rings. The number of aliphatic carboxylic acids is 1. The number of hydrogen-bond donors (Lipinski definition) is 1. The predicted molar refractivity (Wildman–Crippen MR) is 99.4 cm³/mol. The van der Waals surface area contributed by atoms with Crippen LogP contribution in [0.5, 0.6) is 5.75 Å². The minimum absolute atomic E-state index is 0.0318. The molecule has 1 atom stereocenters. The van der Waals surface area contributed by atoms with Crippen molar-refractivity contribution in [1.82, 2.24) is 9.88 Å². The number of benzene rings is 1. The van der Waals surface area contributed by atoms with E-state index in [1.807, 2.05) is 12.1 Å². The lowest BCUT2D eigenvalue weighted by Crippen LogP contribution is -2.47. The summed E-state index contributed by atoms with van der Waals surface area (Å²) in [6.45, 7) is 0.926. The summed E-state index contributed by atoms with van der Waals surface area (Å²) >= 11 is 1.68. The van der Waals surface area contributed by atoms with Crippen molar-refractivity contribution in [3.8, 4) is 5.75 Å². The Bertz CT molecular complexity index is 769. The molecular weight excluding hydrogens is 352 g/mol. The van der Waals surface area contributed by atoms with Crippen molar-refractivity contribution >= 4 is 23.6 Å². The molecule has 3 rings (SSSR count). The van der Waals surface area contributed by atoms with E-state index >= 15 is 0 Å². The highest BCUT2D eigenvalue weighted by Crippen LogP contribution is 2.23. The molecule has 0 bridgehead atoms. The van der Waals surface area contributed by atoms with Gasteiger partial charge in [0.05, 0.1) is 12.5 Å². The molecule has 1 N–H and O–H groups in total. The zero-order valence-electron chi connectivity index (χ0n) is 14.2. The third-order valence-corrected chi connectivity index (χ3v) is 5.20. The minimum atomic E-state index is -0.885. The average molecular weight is 372 g/mol. The molecule has 0 saturated carbocycles. The fraction of sp³-hybridized carbons (Fsp3) is 0.316. The Hall–Kier alpha value is -2.54. The maximum atomic E-state index is 12.9. The Morgan fingerprint density at radius 2 is 2.19 bits per heavy atom. The minimum Gasteiger partial charge on any atom is -0.489 e. The number of nitrogens with zero attached hydrogens (tertiary/aromatic N) is 2. The van der Waals surface area contributed by atoms with Gasteiger partial charge in [-0.3, -0.25) is 14.6 Å². The number of aromatic nitrogens is 1. The maximum Gasteiger partial charge on any atom is 0.305 e. The van der Waals surface area contributed by atoms with E-state index in [1.165, 1.54) is 0 Å². The van der Waals surface area contributed by atoms with Crippen LogP contribution < -0.4 is 4.74 Å². The topological polar surface area (TPSA) is 79.7 Å². The molecule has 2 heterocycles. The number of carboxylic acid groups (broad SMARTS) is 1. The van der Waals surface area contributed by atoms with Crippen LogP contribution in [0.25, 0.3) is 0 Å². The van der Waals surface area contributed by atoms with Crippen molar-refractivity contribution < 1.29 is 19.4 Å². The van der Waals surface area contributed by atoms with Crippen molar-refractivity contribution in [3.63, 3.8) is 0 Å².